The first-order valence-corrected chi connectivity index (χ1v) is 10.3. The Morgan fingerprint density at radius 1 is 1.04 bits per heavy atom. The minimum Gasteiger partial charge on any atom is -0.497 e. The molecule has 1 heterocycles. The van der Waals surface area contributed by atoms with Gasteiger partial charge in [0.1, 0.15) is 17.0 Å². The Hall–Kier alpha value is -2.47. The van der Waals surface area contributed by atoms with Crippen molar-refractivity contribution in [3.8, 4) is 5.75 Å². The van der Waals surface area contributed by atoms with E-state index in [1.54, 1.807) is 18.4 Å². The van der Waals surface area contributed by atoms with Crippen molar-refractivity contribution < 1.29 is 9.30 Å². The third-order valence-electron chi connectivity index (χ3n) is 4.55. The Labute approximate surface area is 164 Å². The molecule has 0 spiro atoms. The Bertz CT molecular complexity index is 918. The van der Waals surface area contributed by atoms with Crippen molar-refractivity contribution >= 4 is 38.1 Å². The van der Waals surface area contributed by atoms with Gasteiger partial charge >= 0.3 is 5.13 Å². The maximum atomic E-state index is 5.33. The highest BCUT2D eigenvalue weighted by atomic mass is 32.1. The monoisotopic (exact) mass is 383 g/mol. The molecule has 142 valence electrons. The normalized spacial score (nSPS) is 11.4. The van der Waals surface area contributed by atoms with Crippen LogP contribution < -0.4 is 14.2 Å². The van der Waals surface area contributed by atoms with Gasteiger partial charge in [-0.15, -0.1) is 0 Å². The molecule has 0 saturated heterocycles. The lowest BCUT2D eigenvalue weighted by Crippen LogP contribution is -2.30. The van der Waals surface area contributed by atoms with Crippen LogP contribution in [-0.4, -0.2) is 20.2 Å². The first kappa shape index (κ1) is 19.3. The van der Waals surface area contributed by atoms with E-state index < -0.39 is 0 Å². The fourth-order valence-electron chi connectivity index (χ4n) is 3.13. The Morgan fingerprint density at radius 2 is 1.81 bits per heavy atom. The SMILES string of the molecule is CCCN(CC)c1ccc(N=Nc2sc3cc(OC)ccc3[n+]2CC)cc1. The summed E-state index contributed by atoms with van der Waals surface area (Å²) in [6, 6.07) is 14.4. The molecule has 6 heteroatoms. The summed E-state index contributed by atoms with van der Waals surface area (Å²) in [7, 11) is 1.69. The van der Waals surface area contributed by atoms with Gasteiger partial charge in [-0.05, 0) is 73.1 Å². The van der Waals surface area contributed by atoms with Crippen LogP contribution in [0.1, 0.15) is 27.2 Å². The van der Waals surface area contributed by atoms with Crippen molar-refractivity contribution in [3.63, 3.8) is 0 Å². The molecule has 1 aromatic heterocycles. The van der Waals surface area contributed by atoms with E-state index in [0.29, 0.717) is 0 Å². The number of azo groups is 1. The summed E-state index contributed by atoms with van der Waals surface area (Å²) in [5, 5.41) is 9.88. The second kappa shape index (κ2) is 8.95. The van der Waals surface area contributed by atoms with Gasteiger partial charge in [0.05, 0.1) is 23.5 Å². The third-order valence-corrected chi connectivity index (χ3v) is 5.58. The quantitative estimate of drug-likeness (QED) is 0.360. The molecule has 0 N–H and O–H groups in total. The lowest BCUT2D eigenvalue weighted by Gasteiger charge is -2.22. The largest absolute Gasteiger partial charge is 0.497 e. The Balaban J connectivity index is 1.85. The van der Waals surface area contributed by atoms with Gasteiger partial charge in [0.2, 0.25) is 0 Å². The van der Waals surface area contributed by atoms with Gasteiger partial charge in [0.15, 0.2) is 0 Å². The molecule has 0 saturated carbocycles. The highest BCUT2D eigenvalue weighted by Crippen LogP contribution is 2.30. The first-order chi connectivity index (χ1) is 13.2. The fraction of sp³-hybridized carbons (Fsp3) is 0.381. The number of hydrogen-bond acceptors (Lipinski definition) is 5. The van der Waals surface area contributed by atoms with E-state index in [-0.39, 0.29) is 0 Å². The minimum absolute atomic E-state index is 0.849. The van der Waals surface area contributed by atoms with E-state index in [1.165, 1.54) is 5.69 Å². The van der Waals surface area contributed by atoms with Gasteiger partial charge < -0.3 is 9.64 Å². The summed E-state index contributed by atoms with van der Waals surface area (Å²) in [6.07, 6.45) is 1.14. The number of thiazole rings is 1. The molecule has 0 aliphatic carbocycles. The molecule has 3 aromatic rings. The summed E-state index contributed by atoms with van der Waals surface area (Å²) in [4.78, 5) is 2.37. The van der Waals surface area contributed by atoms with E-state index in [9.17, 15) is 0 Å². The topological polar surface area (TPSA) is 41.1 Å². The average molecular weight is 384 g/mol. The predicted octanol–water partition coefficient (Wildman–Crippen LogP) is 5.87. The predicted molar refractivity (Wildman–Crippen MR) is 113 cm³/mol. The van der Waals surface area contributed by atoms with E-state index in [2.05, 4.69) is 58.7 Å². The molecule has 0 bridgehead atoms. The number of hydrogen-bond donors (Lipinski definition) is 0. The summed E-state index contributed by atoms with van der Waals surface area (Å²) < 4.78 is 8.66. The number of ether oxygens (including phenoxy) is 1. The Morgan fingerprint density at radius 3 is 2.44 bits per heavy atom. The number of aryl methyl sites for hydroxylation is 1. The van der Waals surface area contributed by atoms with Gasteiger partial charge in [-0.3, -0.25) is 0 Å². The number of benzene rings is 2. The van der Waals surface area contributed by atoms with E-state index >= 15 is 0 Å². The van der Waals surface area contributed by atoms with Crippen LogP contribution in [0.25, 0.3) is 10.2 Å². The van der Waals surface area contributed by atoms with Crippen molar-refractivity contribution in [1.29, 1.82) is 0 Å². The molecule has 2 aromatic carbocycles. The lowest BCUT2D eigenvalue weighted by molar-refractivity contribution is -0.651. The zero-order valence-corrected chi connectivity index (χ0v) is 17.3. The van der Waals surface area contributed by atoms with E-state index in [0.717, 1.165) is 52.8 Å². The van der Waals surface area contributed by atoms with Crippen LogP contribution in [0.15, 0.2) is 52.7 Å². The van der Waals surface area contributed by atoms with Crippen molar-refractivity contribution in [1.82, 2.24) is 0 Å². The molecule has 0 radical (unpaired) electrons. The summed E-state index contributed by atoms with van der Waals surface area (Å²) in [5.74, 6) is 0.860. The number of aromatic nitrogens is 1. The number of rotatable bonds is 8. The molecular formula is C21H27N4OS+. The van der Waals surface area contributed by atoms with Crippen LogP contribution >= 0.6 is 11.3 Å². The zero-order valence-electron chi connectivity index (χ0n) is 16.5. The second-order valence-electron chi connectivity index (χ2n) is 6.26. The number of nitrogens with zero attached hydrogens (tertiary/aromatic N) is 4. The van der Waals surface area contributed by atoms with Gasteiger partial charge in [-0.2, -0.15) is 0 Å². The van der Waals surface area contributed by atoms with Crippen LogP contribution in [0.5, 0.6) is 5.75 Å². The van der Waals surface area contributed by atoms with Crippen molar-refractivity contribution in [2.75, 3.05) is 25.1 Å². The molecule has 5 nitrogen and oxygen atoms in total. The molecule has 3 rings (SSSR count). The van der Waals surface area contributed by atoms with Crippen LogP contribution in [0.2, 0.25) is 0 Å². The molecule has 0 aliphatic heterocycles. The third kappa shape index (κ3) is 4.27. The van der Waals surface area contributed by atoms with Gasteiger partial charge in [0.25, 0.3) is 0 Å². The van der Waals surface area contributed by atoms with E-state index in [1.807, 2.05) is 24.3 Å². The van der Waals surface area contributed by atoms with Crippen LogP contribution in [0.3, 0.4) is 0 Å². The van der Waals surface area contributed by atoms with Gasteiger partial charge in [0, 0.05) is 24.8 Å². The Kier molecular flexibility index (Phi) is 6.40. The summed E-state index contributed by atoms with van der Waals surface area (Å²) in [6.45, 7) is 9.44. The average Bonchev–Trinajstić information content (AvgIpc) is 3.07. The van der Waals surface area contributed by atoms with E-state index in [4.69, 9.17) is 4.74 Å². The number of methoxy groups -OCH3 is 1. The molecular weight excluding hydrogens is 356 g/mol. The second-order valence-corrected chi connectivity index (χ2v) is 7.27. The van der Waals surface area contributed by atoms with Crippen molar-refractivity contribution in [2.24, 2.45) is 10.2 Å². The maximum Gasteiger partial charge on any atom is 0.409 e. The highest BCUT2D eigenvalue weighted by Gasteiger charge is 2.18. The highest BCUT2D eigenvalue weighted by molar-refractivity contribution is 7.21. The molecule has 0 amide bonds. The van der Waals surface area contributed by atoms with Crippen molar-refractivity contribution in [3.05, 3.63) is 42.5 Å². The molecule has 0 unspecified atom stereocenters. The minimum atomic E-state index is 0.849. The molecule has 0 atom stereocenters. The van der Waals surface area contributed by atoms with Crippen LogP contribution in [-0.2, 0) is 6.54 Å². The molecule has 27 heavy (non-hydrogen) atoms. The van der Waals surface area contributed by atoms with Gasteiger partial charge in [-0.1, -0.05) is 6.92 Å². The first-order valence-electron chi connectivity index (χ1n) is 9.47. The standard InChI is InChI=1S/C21H27N4OS/c1-5-14-24(6-2)17-10-8-16(9-11-17)22-23-21-25(7-3)19-13-12-18(26-4)15-20(19)27-21/h8-13,15H,5-7,14H2,1-4H3/q+1. The maximum absolute atomic E-state index is 5.33. The number of anilines is 1. The van der Waals surface area contributed by atoms with Crippen LogP contribution in [0.4, 0.5) is 16.5 Å². The lowest BCUT2D eigenvalue weighted by atomic mass is 10.2. The van der Waals surface area contributed by atoms with Gasteiger partial charge in [-0.25, -0.2) is 4.57 Å². The molecule has 0 fully saturated rings. The summed E-state index contributed by atoms with van der Waals surface area (Å²) in [5.41, 5.74) is 3.26. The smallest absolute Gasteiger partial charge is 0.409 e. The summed E-state index contributed by atoms with van der Waals surface area (Å²) >= 11 is 1.63. The number of fused-ring (bicyclic) bond motifs is 1. The molecule has 0 aliphatic rings. The van der Waals surface area contributed by atoms with Crippen LogP contribution in [0, 0.1) is 0 Å². The van der Waals surface area contributed by atoms with Crippen molar-refractivity contribution in [2.45, 2.75) is 33.7 Å². The fourth-order valence-corrected chi connectivity index (χ4v) is 4.21. The zero-order chi connectivity index (χ0) is 19.2.